The molecular formula is C25H7F7N4. The smallest absolute Gasteiger partial charge is 0.203 e. The molecule has 0 atom stereocenters. The second kappa shape index (κ2) is 9.62. The van der Waals surface area contributed by atoms with Crippen LogP contribution in [-0.2, 0) is 6.18 Å². The number of rotatable bonds is 2. The first-order chi connectivity index (χ1) is 17.0. The van der Waals surface area contributed by atoms with Gasteiger partial charge in [0.2, 0.25) is 0 Å². The van der Waals surface area contributed by atoms with E-state index in [0.717, 1.165) is 36.4 Å². The molecule has 36 heavy (non-hydrogen) atoms. The minimum Gasteiger partial charge on any atom is -0.203 e. The first-order valence-corrected chi connectivity index (χ1v) is 9.53. The SMILES string of the molecule is N#CC(C#N)=c1cc/c(=C(/C#N)c2c(F)c(F)c(C#N)c(F)c2F)c(-c2ccccc2C(F)(F)F)c1. The van der Waals surface area contributed by atoms with Gasteiger partial charge in [-0.1, -0.05) is 30.3 Å². The highest BCUT2D eigenvalue weighted by atomic mass is 19.4. The number of nitriles is 4. The predicted octanol–water partition coefficient (Wildman–Crippen LogP) is 4.72. The third-order valence-electron chi connectivity index (χ3n) is 5.06. The molecule has 0 aliphatic carbocycles. The fourth-order valence-electron chi connectivity index (χ4n) is 3.46. The quantitative estimate of drug-likeness (QED) is 0.379. The van der Waals surface area contributed by atoms with Crippen LogP contribution in [0.2, 0.25) is 0 Å². The van der Waals surface area contributed by atoms with E-state index in [1.807, 2.05) is 0 Å². The second-order valence-electron chi connectivity index (χ2n) is 7.01. The Hall–Kier alpha value is -5.13. The van der Waals surface area contributed by atoms with Crippen molar-refractivity contribution < 1.29 is 30.7 Å². The highest BCUT2D eigenvalue weighted by Crippen LogP contribution is 2.36. The van der Waals surface area contributed by atoms with E-state index in [2.05, 4.69) is 0 Å². The number of hydrogen-bond acceptors (Lipinski definition) is 4. The van der Waals surface area contributed by atoms with Crippen molar-refractivity contribution in [3.05, 3.63) is 92.9 Å². The molecule has 0 saturated carbocycles. The van der Waals surface area contributed by atoms with E-state index in [1.54, 1.807) is 12.1 Å². The topological polar surface area (TPSA) is 95.2 Å². The third kappa shape index (κ3) is 4.22. The Morgan fingerprint density at radius 2 is 1.28 bits per heavy atom. The first kappa shape index (κ1) is 25.5. The first-order valence-electron chi connectivity index (χ1n) is 9.53. The molecule has 0 fully saturated rings. The molecule has 0 amide bonds. The van der Waals surface area contributed by atoms with Crippen molar-refractivity contribution in [3.63, 3.8) is 0 Å². The van der Waals surface area contributed by atoms with Crippen LogP contribution < -0.4 is 10.4 Å². The molecule has 0 aromatic heterocycles. The number of nitrogens with zero attached hydrogens (tertiary/aromatic N) is 4. The average Bonchev–Trinajstić information content (AvgIpc) is 2.86. The molecule has 3 aromatic rings. The monoisotopic (exact) mass is 496 g/mol. The van der Waals surface area contributed by atoms with E-state index < -0.39 is 73.6 Å². The number of hydrogen-bond donors (Lipinski definition) is 0. The summed E-state index contributed by atoms with van der Waals surface area (Å²) in [5.41, 5.74) is -7.13. The van der Waals surface area contributed by atoms with Crippen LogP contribution in [0.4, 0.5) is 30.7 Å². The van der Waals surface area contributed by atoms with Crippen LogP contribution in [0.5, 0.6) is 0 Å². The van der Waals surface area contributed by atoms with Gasteiger partial charge in [0, 0.05) is 10.4 Å². The van der Waals surface area contributed by atoms with Crippen LogP contribution in [0.1, 0.15) is 16.7 Å². The van der Waals surface area contributed by atoms with Gasteiger partial charge in [-0.05, 0) is 23.3 Å². The highest BCUT2D eigenvalue weighted by molar-refractivity contribution is 5.84. The summed E-state index contributed by atoms with van der Waals surface area (Å²) in [6, 6.07) is 12.1. The van der Waals surface area contributed by atoms with Crippen molar-refractivity contribution in [1.29, 1.82) is 21.0 Å². The Balaban J connectivity index is 2.68. The lowest BCUT2D eigenvalue weighted by atomic mass is 9.92. The van der Waals surface area contributed by atoms with Crippen molar-refractivity contribution in [2.75, 3.05) is 0 Å². The van der Waals surface area contributed by atoms with Gasteiger partial charge in [-0.15, -0.1) is 0 Å². The van der Waals surface area contributed by atoms with Crippen molar-refractivity contribution in [2.45, 2.75) is 6.18 Å². The predicted molar refractivity (Wildman–Crippen MR) is 110 cm³/mol. The molecule has 0 spiro atoms. The van der Waals surface area contributed by atoms with Crippen LogP contribution in [0.15, 0.2) is 42.5 Å². The summed E-state index contributed by atoms with van der Waals surface area (Å²) < 4.78 is 99.3. The van der Waals surface area contributed by atoms with E-state index in [0.29, 0.717) is 6.07 Å². The second-order valence-corrected chi connectivity index (χ2v) is 7.01. The Kier molecular flexibility index (Phi) is 6.81. The third-order valence-corrected chi connectivity index (χ3v) is 5.06. The van der Waals surface area contributed by atoms with Gasteiger partial charge >= 0.3 is 6.18 Å². The van der Waals surface area contributed by atoms with Gasteiger partial charge < -0.3 is 0 Å². The molecular weight excluding hydrogens is 489 g/mol. The minimum absolute atomic E-state index is 0.189. The van der Waals surface area contributed by atoms with Crippen molar-refractivity contribution in [3.8, 4) is 35.4 Å². The largest absolute Gasteiger partial charge is 0.417 e. The highest BCUT2D eigenvalue weighted by Gasteiger charge is 2.34. The maximum Gasteiger partial charge on any atom is 0.417 e. The van der Waals surface area contributed by atoms with Gasteiger partial charge in [-0.2, -0.15) is 34.2 Å². The van der Waals surface area contributed by atoms with E-state index in [1.165, 1.54) is 12.1 Å². The van der Waals surface area contributed by atoms with Gasteiger partial charge in [-0.25, -0.2) is 17.6 Å². The number of alkyl halides is 3. The maximum atomic E-state index is 14.8. The standard InChI is InChI=1S/C25H7F7N4/c26-21-18(11-36)22(27)24(29)20(23(21)28)17(10-35)14-6-5-12(13(8-33)9-34)7-16(14)15-3-1-2-4-19(15)25(30,31)32/h1-7H/b17-14+. The molecule has 0 saturated heterocycles. The summed E-state index contributed by atoms with van der Waals surface area (Å²) in [6.07, 6.45) is -4.95. The lowest BCUT2D eigenvalue weighted by molar-refractivity contribution is -0.137. The Morgan fingerprint density at radius 3 is 1.78 bits per heavy atom. The summed E-state index contributed by atoms with van der Waals surface area (Å²) in [5, 5.41) is 36.0. The van der Waals surface area contributed by atoms with Crippen LogP contribution >= 0.6 is 0 Å². The molecule has 0 aliphatic heterocycles. The molecule has 0 heterocycles. The molecule has 11 heteroatoms. The molecule has 176 valence electrons. The molecule has 3 aromatic carbocycles. The van der Waals surface area contributed by atoms with Crippen LogP contribution in [0, 0.1) is 68.6 Å². The minimum atomic E-state index is -4.95. The van der Waals surface area contributed by atoms with Gasteiger partial charge in [-0.3, -0.25) is 0 Å². The summed E-state index contributed by atoms with van der Waals surface area (Å²) in [5.74, 6) is -8.42. The van der Waals surface area contributed by atoms with Gasteiger partial charge in [0.25, 0.3) is 0 Å². The summed E-state index contributed by atoms with van der Waals surface area (Å²) in [4.78, 5) is 0. The normalized spacial score (nSPS) is 11.5. The van der Waals surface area contributed by atoms with Gasteiger partial charge in [0.05, 0.1) is 16.7 Å². The van der Waals surface area contributed by atoms with E-state index in [9.17, 15) is 36.0 Å². The van der Waals surface area contributed by atoms with Crippen LogP contribution in [0.25, 0.3) is 22.3 Å². The van der Waals surface area contributed by atoms with Crippen LogP contribution in [0.3, 0.4) is 0 Å². The maximum absolute atomic E-state index is 14.8. The Morgan fingerprint density at radius 1 is 0.694 bits per heavy atom. The van der Waals surface area contributed by atoms with Crippen molar-refractivity contribution in [1.82, 2.24) is 0 Å². The number of halogens is 7. The molecule has 4 nitrogen and oxygen atoms in total. The van der Waals surface area contributed by atoms with Crippen LogP contribution in [-0.4, -0.2) is 0 Å². The zero-order valence-electron chi connectivity index (χ0n) is 17.5. The van der Waals surface area contributed by atoms with E-state index in [-0.39, 0.29) is 5.22 Å². The fourth-order valence-corrected chi connectivity index (χ4v) is 3.46. The number of benzene rings is 3. The molecule has 0 bridgehead atoms. The van der Waals surface area contributed by atoms with E-state index in [4.69, 9.17) is 15.8 Å². The zero-order valence-corrected chi connectivity index (χ0v) is 17.5. The lowest BCUT2D eigenvalue weighted by Gasteiger charge is -2.15. The summed E-state index contributed by atoms with van der Waals surface area (Å²) in [7, 11) is 0. The molecule has 3 rings (SSSR count). The summed E-state index contributed by atoms with van der Waals surface area (Å²) >= 11 is 0. The Labute approximate surface area is 197 Å². The Bertz CT molecular complexity index is 1670. The molecule has 0 unspecified atom stereocenters. The molecule has 0 aliphatic rings. The van der Waals surface area contributed by atoms with Gasteiger partial charge in [0.1, 0.15) is 35.4 Å². The molecule has 0 N–H and O–H groups in total. The fraction of sp³-hybridized carbons (Fsp3) is 0.0400. The molecule has 0 radical (unpaired) electrons. The zero-order chi connectivity index (χ0) is 26.8. The van der Waals surface area contributed by atoms with Gasteiger partial charge in [0.15, 0.2) is 23.3 Å². The lowest BCUT2D eigenvalue weighted by Crippen LogP contribution is -2.20. The van der Waals surface area contributed by atoms with Crippen molar-refractivity contribution in [2.24, 2.45) is 0 Å². The summed E-state index contributed by atoms with van der Waals surface area (Å²) in [6.45, 7) is 0. The average molecular weight is 496 g/mol. The van der Waals surface area contributed by atoms with Crippen molar-refractivity contribution >= 4 is 11.1 Å². The van der Waals surface area contributed by atoms with E-state index >= 15 is 0 Å².